The van der Waals surface area contributed by atoms with E-state index < -0.39 is 0 Å². The zero-order valence-electron chi connectivity index (χ0n) is 14.9. The van der Waals surface area contributed by atoms with Crippen molar-refractivity contribution in [3.05, 3.63) is 29.6 Å². The molecule has 132 valence electrons. The van der Waals surface area contributed by atoms with Gasteiger partial charge >= 0.3 is 0 Å². The van der Waals surface area contributed by atoms with E-state index in [9.17, 15) is 4.79 Å². The highest BCUT2D eigenvalue weighted by Crippen LogP contribution is 2.10. The molecule has 2 fully saturated rings. The number of hydrogen-bond acceptors (Lipinski definition) is 5. The predicted molar refractivity (Wildman–Crippen MR) is 94.8 cm³/mol. The quantitative estimate of drug-likeness (QED) is 0.854. The molecule has 0 aromatic carbocycles. The molecule has 2 aliphatic heterocycles. The summed E-state index contributed by atoms with van der Waals surface area (Å²) in [6, 6.07) is 4.17. The lowest BCUT2D eigenvalue weighted by Gasteiger charge is -2.38. The minimum absolute atomic E-state index is 0.0860. The molecular weight excluding hydrogens is 302 g/mol. The fourth-order valence-corrected chi connectivity index (χ4v) is 3.35. The number of likely N-dealkylation sites (N-methyl/N-ethyl adjacent to an activating group) is 1. The number of nitrogens with zero attached hydrogens (tertiary/aromatic N) is 4. The van der Waals surface area contributed by atoms with Crippen LogP contribution in [0.25, 0.3) is 0 Å². The first-order chi connectivity index (χ1) is 11.7. The number of aryl methyl sites for hydroxylation is 1. The Labute approximate surface area is 144 Å². The van der Waals surface area contributed by atoms with E-state index in [0.29, 0.717) is 0 Å². The molecule has 6 heteroatoms. The number of piperazine rings is 2. The van der Waals surface area contributed by atoms with Crippen LogP contribution in [-0.2, 0) is 17.8 Å². The molecule has 1 aromatic heterocycles. The molecule has 0 spiro atoms. The molecule has 1 atom stereocenters. The van der Waals surface area contributed by atoms with Gasteiger partial charge in [-0.3, -0.25) is 14.7 Å². The van der Waals surface area contributed by atoms with Crippen molar-refractivity contribution in [2.75, 3.05) is 52.9 Å². The number of amides is 1. The van der Waals surface area contributed by atoms with E-state index in [-0.39, 0.29) is 11.9 Å². The summed E-state index contributed by atoms with van der Waals surface area (Å²) in [5, 5.41) is 3.39. The molecule has 0 saturated carbocycles. The van der Waals surface area contributed by atoms with E-state index in [4.69, 9.17) is 0 Å². The average molecular weight is 331 g/mol. The molecule has 2 saturated heterocycles. The van der Waals surface area contributed by atoms with Crippen molar-refractivity contribution < 1.29 is 4.79 Å². The molecule has 1 N–H and O–H groups in total. The van der Waals surface area contributed by atoms with E-state index in [1.54, 1.807) is 0 Å². The fourth-order valence-electron chi connectivity index (χ4n) is 3.35. The lowest BCUT2D eigenvalue weighted by Crippen LogP contribution is -2.59. The Balaban J connectivity index is 1.54. The third-order valence-corrected chi connectivity index (χ3v) is 5.05. The summed E-state index contributed by atoms with van der Waals surface area (Å²) in [6.07, 6.45) is 2.98. The van der Waals surface area contributed by atoms with E-state index >= 15 is 0 Å². The molecule has 1 aromatic rings. The number of aromatic nitrogens is 1. The van der Waals surface area contributed by atoms with Gasteiger partial charge in [0.15, 0.2) is 0 Å². The Bertz CT molecular complexity index is 539. The topological polar surface area (TPSA) is 51.7 Å². The standard InChI is InChI=1S/C18H29N5O/c1-3-15-4-5-16(20-12-15)13-22-7-6-19-17(14-22)18(24)23-10-8-21(2)9-11-23/h4-5,12,17,19H,3,6-11,13-14H2,1-2H3. The Morgan fingerprint density at radius 1 is 1.25 bits per heavy atom. The van der Waals surface area contributed by atoms with Crippen LogP contribution < -0.4 is 5.32 Å². The molecule has 1 unspecified atom stereocenters. The zero-order valence-corrected chi connectivity index (χ0v) is 14.9. The molecule has 2 aliphatic rings. The highest BCUT2D eigenvalue weighted by Gasteiger charge is 2.30. The SMILES string of the molecule is CCc1ccc(CN2CCNC(C(=O)N3CCN(C)CC3)C2)nc1. The van der Waals surface area contributed by atoms with Crippen molar-refractivity contribution in [1.82, 2.24) is 25.0 Å². The van der Waals surface area contributed by atoms with Crippen LogP contribution >= 0.6 is 0 Å². The van der Waals surface area contributed by atoms with Gasteiger partial charge in [0, 0.05) is 58.6 Å². The Morgan fingerprint density at radius 3 is 2.71 bits per heavy atom. The smallest absolute Gasteiger partial charge is 0.241 e. The predicted octanol–water partition coefficient (Wildman–Crippen LogP) is 0.192. The Hall–Kier alpha value is -1.50. The van der Waals surface area contributed by atoms with Crippen molar-refractivity contribution in [3.8, 4) is 0 Å². The van der Waals surface area contributed by atoms with Gasteiger partial charge in [-0.15, -0.1) is 0 Å². The third-order valence-electron chi connectivity index (χ3n) is 5.05. The Kier molecular flexibility index (Phi) is 5.81. The number of pyridine rings is 1. The van der Waals surface area contributed by atoms with Crippen LogP contribution in [0.3, 0.4) is 0 Å². The lowest BCUT2D eigenvalue weighted by atomic mass is 10.1. The van der Waals surface area contributed by atoms with E-state index in [0.717, 1.165) is 64.5 Å². The summed E-state index contributed by atoms with van der Waals surface area (Å²) in [7, 11) is 2.11. The van der Waals surface area contributed by atoms with Crippen LogP contribution in [0, 0.1) is 0 Å². The number of carbonyl (C=O) groups excluding carboxylic acids is 1. The summed E-state index contributed by atoms with van der Waals surface area (Å²) in [4.78, 5) is 23.9. The van der Waals surface area contributed by atoms with Gasteiger partial charge < -0.3 is 15.1 Å². The van der Waals surface area contributed by atoms with E-state index in [1.807, 2.05) is 11.1 Å². The van der Waals surface area contributed by atoms with Crippen LogP contribution in [0.4, 0.5) is 0 Å². The van der Waals surface area contributed by atoms with Gasteiger partial charge in [0.25, 0.3) is 0 Å². The largest absolute Gasteiger partial charge is 0.339 e. The van der Waals surface area contributed by atoms with Gasteiger partial charge in [-0.05, 0) is 25.1 Å². The molecule has 24 heavy (non-hydrogen) atoms. The highest BCUT2D eigenvalue weighted by molar-refractivity contribution is 5.82. The molecule has 0 aliphatic carbocycles. The van der Waals surface area contributed by atoms with Crippen molar-refractivity contribution in [2.24, 2.45) is 0 Å². The average Bonchev–Trinajstić information content (AvgIpc) is 2.63. The Morgan fingerprint density at radius 2 is 2.04 bits per heavy atom. The van der Waals surface area contributed by atoms with Gasteiger partial charge in [0.05, 0.1) is 11.7 Å². The second-order valence-electron chi connectivity index (χ2n) is 6.88. The van der Waals surface area contributed by atoms with Crippen molar-refractivity contribution in [3.63, 3.8) is 0 Å². The highest BCUT2D eigenvalue weighted by atomic mass is 16.2. The van der Waals surface area contributed by atoms with Gasteiger partial charge in [0.2, 0.25) is 5.91 Å². The maximum Gasteiger partial charge on any atom is 0.241 e. The molecule has 3 heterocycles. The summed E-state index contributed by atoms with van der Waals surface area (Å²) in [5.74, 6) is 0.252. The van der Waals surface area contributed by atoms with Crippen molar-refractivity contribution in [1.29, 1.82) is 0 Å². The minimum atomic E-state index is -0.0860. The van der Waals surface area contributed by atoms with Crippen LogP contribution in [0.5, 0.6) is 0 Å². The lowest BCUT2D eigenvalue weighted by molar-refractivity contribution is -0.136. The maximum atomic E-state index is 12.7. The van der Waals surface area contributed by atoms with Gasteiger partial charge in [0.1, 0.15) is 0 Å². The summed E-state index contributed by atoms with van der Waals surface area (Å²) < 4.78 is 0. The maximum absolute atomic E-state index is 12.7. The van der Waals surface area contributed by atoms with Crippen LogP contribution in [0.2, 0.25) is 0 Å². The van der Waals surface area contributed by atoms with Crippen molar-refractivity contribution >= 4 is 5.91 Å². The molecule has 0 bridgehead atoms. The second-order valence-corrected chi connectivity index (χ2v) is 6.88. The molecular formula is C18H29N5O. The number of hydrogen-bond donors (Lipinski definition) is 1. The second kappa shape index (κ2) is 8.05. The van der Waals surface area contributed by atoms with Gasteiger partial charge in [-0.25, -0.2) is 0 Å². The third kappa shape index (κ3) is 4.32. The monoisotopic (exact) mass is 331 g/mol. The van der Waals surface area contributed by atoms with Gasteiger partial charge in [-0.1, -0.05) is 13.0 Å². The molecule has 6 nitrogen and oxygen atoms in total. The number of rotatable bonds is 4. The van der Waals surface area contributed by atoms with Crippen LogP contribution in [0.15, 0.2) is 18.3 Å². The summed E-state index contributed by atoms with van der Waals surface area (Å²) >= 11 is 0. The summed E-state index contributed by atoms with van der Waals surface area (Å²) in [5.41, 5.74) is 2.35. The zero-order chi connectivity index (χ0) is 16.9. The van der Waals surface area contributed by atoms with Crippen LogP contribution in [-0.4, -0.2) is 84.5 Å². The number of carbonyl (C=O) groups is 1. The van der Waals surface area contributed by atoms with E-state index in [2.05, 4.69) is 46.2 Å². The van der Waals surface area contributed by atoms with Crippen LogP contribution in [0.1, 0.15) is 18.2 Å². The van der Waals surface area contributed by atoms with Crippen molar-refractivity contribution in [2.45, 2.75) is 25.9 Å². The minimum Gasteiger partial charge on any atom is -0.339 e. The first-order valence-corrected chi connectivity index (χ1v) is 9.02. The molecule has 1 amide bonds. The summed E-state index contributed by atoms with van der Waals surface area (Å²) in [6.45, 7) is 9.16. The van der Waals surface area contributed by atoms with E-state index in [1.165, 1.54) is 5.56 Å². The van der Waals surface area contributed by atoms with Gasteiger partial charge in [-0.2, -0.15) is 0 Å². The molecule has 3 rings (SSSR count). The number of nitrogens with one attached hydrogen (secondary N) is 1. The molecule has 0 radical (unpaired) electrons. The first-order valence-electron chi connectivity index (χ1n) is 9.02. The first kappa shape index (κ1) is 17.3. The normalized spacial score (nSPS) is 23.4. The fraction of sp³-hybridized carbons (Fsp3) is 0.667.